The highest BCUT2D eigenvalue weighted by atomic mass is 19.1. The van der Waals surface area contributed by atoms with Gasteiger partial charge in [0.15, 0.2) is 5.58 Å². The molecule has 30 heavy (non-hydrogen) atoms. The van der Waals surface area contributed by atoms with Crippen LogP contribution < -0.4 is 4.90 Å². The van der Waals surface area contributed by atoms with Crippen LogP contribution in [-0.2, 0) is 4.74 Å². The van der Waals surface area contributed by atoms with Crippen molar-refractivity contribution in [3.63, 3.8) is 0 Å². The van der Waals surface area contributed by atoms with E-state index in [9.17, 15) is 9.18 Å². The van der Waals surface area contributed by atoms with Crippen molar-refractivity contribution in [3.8, 4) is 0 Å². The fourth-order valence-corrected chi connectivity index (χ4v) is 4.28. The molecule has 2 aliphatic heterocycles. The summed E-state index contributed by atoms with van der Waals surface area (Å²) in [5, 5.41) is 5.03. The predicted octanol–water partition coefficient (Wildman–Crippen LogP) is 3.22. The second-order valence-electron chi connectivity index (χ2n) is 7.78. The SMILES string of the molecule is O=C(c1ccnc(N2CCOCC2)c1)N1CCC(c2noc3cc(F)ccc23)CC1. The molecule has 1 amide bonds. The number of nitrogens with zero attached hydrogens (tertiary/aromatic N) is 4. The van der Waals surface area contributed by atoms with E-state index in [0.717, 1.165) is 42.8 Å². The Morgan fingerprint density at radius 3 is 2.67 bits per heavy atom. The fourth-order valence-electron chi connectivity index (χ4n) is 4.28. The quantitative estimate of drug-likeness (QED) is 0.660. The zero-order valence-corrected chi connectivity index (χ0v) is 16.6. The second kappa shape index (κ2) is 8.02. The first-order chi connectivity index (χ1) is 14.7. The molecule has 0 unspecified atom stereocenters. The Hall–Kier alpha value is -3.00. The normalized spacial score (nSPS) is 18.2. The van der Waals surface area contributed by atoms with Gasteiger partial charge in [-0.1, -0.05) is 5.16 Å². The number of morpholine rings is 1. The van der Waals surface area contributed by atoms with Gasteiger partial charge in [-0.05, 0) is 37.1 Å². The molecular weight excluding hydrogens is 387 g/mol. The van der Waals surface area contributed by atoms with E-state index in [1.807, 2.05) is 11.0 Å². The van der Waals surface area contributed by atoms with Crippen LogP contribution in [0.25, 0.3) is 11.0 Å². The maximum Gasteiger partial charge on any atom is 0.254 e. The summed E-state index contributed by atoms with van der Waals surface area (Å²) >= 11 is 0. The second-order valence-corrected chi connectivity index (χ2v) is 7.78. The number of likely N-dealkylation sites (tertiary alicyclic amines) is 1. The molecule has 0 bridgehead atoms. The van der Waals surface area contributed by atoms with Crippen LogP contribution in [-0.4, -0.2) is 60.3 Å². The first-order valence-corrected chi connectivity index (χ1v) is 10.3. The minimum absolute atomic E-state index is 0.0254. The number of amides is 1. The molecular formula is C22H23FN4O3. The Bertz CT molecular complexity index is 1060. The zero-order chi connectivity index (χ0) is 20.5. The Kier molecular flexibility index (Phi) is 5.08. The number of anilines is 1. The lowest BCUT2D eigenvalue weighted by Gasteiger charge is -2.32. The van der Waals surface area contributed by atoms with Gasteiger partial charge in [-0.15, -0.1) is 0 Å². The minimum atomic E-state index is -0.334. The van der Waals surface area contributed by atoms with Crippen molar-refractivity contribution in [2.45, 2.75) is 18.8 Å². The first kappa shape index (κ1) is 19.0. The van der Waals surface area contributed by atoms with Gasteiger partial charge in [-0.2, -0.15) is 0 Å². The number of fused-ring (bicyclic) bond motifs is 1. The molecule has 2 saturated heterocycles. The molecule has 0 radical (unpaired) electrons. The van der Waals surface area contributed by atoms with E-state index in [2.05, 4.69) is 15.0 Å². The van der Waals surface area contributed by atoms with Crippen LogP contribution in [0.1, 0.15) is 34.8 Å². The molecule has 4 heterocycles. The number of ether oxygens (including phenoxy) is 1. The number of piperidine rings is 1. The lowest BCUT2D eigenvalue weighted by Crippen LogP contribution is -2.39. The number of halogens is 1. The largest absolute Gasteiger partial charge is 0.378 e. The van der Waals surface area contributed by atoms with E-state index < -0.39 is 0 Å². The van der Waals surface area contributed by atoms with Crippen molar-refractivity contribution >= 4 is 22.7 Å². The monoisotopic (exact) mass is 410 g/mol. The summed E-state index contributed by atoms with van der Waals surface area (Å²) in [5.74, 6) is 0.708. The van der Waals surface area contributed by atoms with Gasteiger partial charge in [0.25, 0.3) is 5.91 Å². The van der Waals surface area contributed by atoms with E-state index >= 15 is 0 Å². The van der Waals surface area contributed by atoms with Crippen molar-refractivity contribution in [2.75, 3.05) is 44.3 Å². The Labute approximate surface area is 173 Å². The zero-order valence-electron chi connectivity index (χ0n) is 16.6. The summed E-state index contributed by atoms with van der Waals surface area (Å²) < 4.78 is 24.1. The summed E-state index contributed by atoms with van der Waals surface area (Å²) in [7, 11) is 0. The third kappa shape index (κ3) is 3.63. The Balaban J connectivity index is 1.26. The number of hydrogen-bond acceptors (Lipinski definition) is 6. The van der Waals surface area contributed by atoms with Crippen LogP contribution in [0.3, 0.4) is 0 Å². The lowest BCUT2D eigenvalue weighted by molar-refractivity contribution is 0.0711. The van der Waals surface area contributed by atoms with Crippen LogP contribution in [0.4, 0.5) is 10.2 Å². The molecule has 2 fully saturated rings. The van der Waals surface area contributed by atoms with Crippen molar-refractivity contribution in [1.82, 2.24) is 15.0 Å². The number of rotatable bonds is 3. The summed E-state index contributed by atoms with van der Waals surface area (Å²) in [6, 6.07) is 8.16. The van der Waals surface area contributed by atoms with Gasteiger partial charge >= 0.3 is 0 Å². The summed E-state index contributed by atoms with van der Waals surface area (Å²) in [4.78, 5) is 21.5. The number of aromatic nitrogens is 2. The number of carbonyl (C=O) groups is 1. The Morgan fingerprint density at radius 2 is 1.87 bits per heavy atom. The van der Waals surface area contributed by atoms with Crippen LogP contribution in [0.15, 0.2) is 41.1 Å². The van der Waals surface area contributed by atoms with Gasteiger partial charge in [0.2, 0.25) is 0 Å². The van der Waals surface area contributed by atoms with Crippen LogP contribution in [0.2, 0.25) is 0 Å². The predicted molar refractivity (Wildman–Crippen MR) is 109 cm³/mol. The molecule has 0 aliphatic carbocycles. The van der Waals surface area contributed by atoms with E-state index in [0.29, 0.717) is 37.4 Å². The molecule has 0 spiro atoms. The standard InChI is InChI=1S/C22H23FN4O3/c23-17-1-2-18-19(14-17)30-25-21(18)15-4-7-27(8-5-15)22(28)16-3-6-24-20(13-16)26-9-11-29-12-10-26/h1-3,6,13-15H,4-5,7-12H2. The van der Waals surface area contributed by atoms with Gasteiger partial charge in [0.1, 0.15) is 11.6 Å². The van der Waals surface area contributed by atoms with Crippen LogP contribution >= 0.6 is 0 Å². The average molecular weight is 410 g/mol. The third-order valence-electron chi connectivity index (χ3n) is 5.96. The highest BCUT2D eigenvalue weighted by Crippen LogP contribution is 2.33. The molecule has 7 nitrogen and oxygen atoms in total. The van der Waals surface area contributed by atoms with Crippen LogP contribution in [0.5, 0.6) is 0 Å². The van der Waals surface area contributed by atoms with Crippen molar-refractivity contribution < 1.29 is 18.4 Å². The number of hydrogen-bond donors (Lipinski definition) is 0. The number of carbonyl (C=O) groups excluding carboxylic acids is 1. The molecule has 156 valence electrons. The highest BCUT2D eigenvalue weighted by Gasteiger charge is 2.28. The van der Waals surface area contributed by atoms with Crippen molar-refractivity contribution in [2.24, 2.45) is 0 Å². The van der Waals surface area contributed by atoms with Gasteiger partial charge in [0, 0.05) is 55.3 Å². The van der Waals surface area contributed by atoms with Gasteiger partial charge in [-0.25, -0.2) is 9.37 Å². The average Bonchev–Trinajstić information content (AvgIpc) is 3.22. The number of benzene rings is 1. The van der Waals surface area contributed by atoms with Crippen molar-refractivity contribution in [1.29, 1.82) is 0 Å². The molecule has 2 aliphatic rings. The lowest BCUT2D eigenvalue weighted by atomic mass is 9.91. The van der Waals surface area contributed by atoms with Crippen molar-refractivity contribution in [3.05, 3.63) is 53.6 Å². The summed E-state index contributed by atoms with van der Waals surface area (Å²) in [5.41, 5.74) is 1.99. The van der Waals surface area contributed by atoms with Gasteiger partial charge in [-0.3, -0.25) is 4.79 Å². The maximum atomic E-state index is 13.4. The topological polar surface area (TPSA) is 71.7 Å². The smallest absolute Gasteiger partial charge is 0.254 e. The molecule has 1 aromatic carbocycles. The fraction of sp³-hybridized carbons (Fsp3) is 0.409. The Morgan fingerprint density at radius 1 is 1.07 bits per heavy atom. The maximum absolute atomic E-state index is 13.4. The molecule has 0 saturated carbocycles. The van der Waals surface area contributed by atoms with E-state index in [-0.39, 0.29) is 17.6 Å². The van der Waals surface area contributed by atoms with Gasteiger partial charge < -0.3 is 19.1 Å². The number of pyridine rings is 1. The summed E-state index contributed by atoms with van der Waals surface area (Å²) in [6.07, 6.45) is 3.30. The molecule has 0 N–H and O–H groups in total. The minimum Gasteiger partial charge on any atom is -0.378 e. The van der Waals surface area contributed by atoms with Crippen LogP contribution in [0, 0.1) is 5.82 Å². The van der Waals surface area contributed by atoms with E-state index in [1.54, 1.807) is 18.3 Å². The van der Waals surface area contributed by atoms with E-state index in [1.165, 1.54) is 12.1 Å². The van der Waals surface area contributed by atoms with Gasteiger partial charge in [0.05, 0.1) is 18.9 Å². The summed E-state index contributed by atoms with van der Waals surface area (Å²) in [6.45, 7) is 4.22. The molecule has 5 rings (SSSR count). The first-order valence-electron chi connectivity index (χ1n) is 10.3. The highest BCUT2D eigenvalue weighted by molar-refractivity contribution is 5.95. The molecule has 2 aromatic heterocycles. The molecule has 0 atom stereocenters. The molecule has 8 heteroatoms. The molecule has 3 aromatic rings. The van der Waals surface area contributed by atoms with E-state index in [4.69, 9.17) is 9.26 Å². The third-order valence-corrected chi connectivity index (χ3v) is 5.96.